The molecule has 0 heterocycles. The first kappa shape index (κ1) is 24.1. The minimum atomic E-state index is -0.972. The van der Waals surface area contributed by atoms with Crippen molar-refractivity contribution < 1.29 is 19.1 Å². The van der Waals surface area contributed by atoms with Gasteiger partial charge in [-0.2, -0.15) is 0 Å². The van der Waals surface area contributed by atoms with Gasteiger partial charge in [0.25, 0.3) is 0 Å². The standard InChI is InChI=1S/C26H26N2O4S/c1-17(2)33-25(28-26(31)32-16-18-10-5-3-6-11-18)24(30)22-20(14-9-15-21(22)27)23(29)19-12-7-4-8-13-19/h3-15,17,25H,16,27H2,1-2H3,(H,28,31). The zero-order valence-corrected chi connectivity index (χ0v) is 19.3. The molecule has 1 amide bonds. The van der Waals surface area contributed by atoms with Crippen molar-refractivity contribution in [3.05, 3.63) is 101 Å². The summed E-state index contributed by atoms with van der Waals surface area (Å²) < 4.78 is 5.29. The van der Waals surface area contributed by atoms with E-state index in [2.05, 4.69) is 5.32 Å². The second-order valence-electron chi connectivity index (χ2n) is 7.60. The fraction of sp³-hybridized carbons (Fsp3) is 0.192. The lowest BCUT2D eigenvalue weighted by Gasteiger charge is -2.21. The molecule has 170 valence electrons. The summed E-state index contributed by atoms with van der Waals surface area (Å²) in [5.41, 5.74) is 7.88. The van der Waals surface area contributed by atoms with E-state index in [1.165, 1.54) is 11.8 Å². The molecule has 1 atom stereocenters. The topological polar surface area (TPSA) is 98.5 Å². The highest BCUT2D eigenvalue weighted by atomic mass is 32.2. The molecule has 0 saturated carbocycles. The number of benzene rings is 3. The zero-order valence-electron chi connectivity index (χ0n) is 18.5. The number of carbonyl (C=O) groups is 3. The van der Waals surface area contributed by atoms with Crippen LogP contribution in [0, 0.1) is 0 Å². The zero-order chi connectivity index (χ0) is 23.8. The second kappa shape index (κ2) is 11.3. The third-order valence-electron chi connectivity index (χ3n) is 4.73. The maximum absolute atomic E-state index is 13.5. The number of carbonyl (C=O) groups excluding carboxylic acids is 3. The van der Waals surface area contributed by atoms with Crippen LogP contribution in [0.3, 0.4) is 0 Å². The van der Waals surface area contributed by atoms with Gasteiger partial charge in [-0.25, -0.2) is 4.79 Å². The molecule has 3 rings (SSSR count). The van der Waals surface area contributed by atoms with Crippen molar-refractivity contribution in [3.63, 3.8) is 0 Å². The number of ether oxygens (including phenoxy) is 1. The highest BCUT2D eigenvalue weighted by Crippen LogP contribution is 2.27. The van der Waals surface area contributed by atoms with E-state index in [0.29, 0.717) is 5.56 Å². The van der Waals surface area contributed by atoms with E-state index >= 15 is 0 Å². The summed E-state index contributed by atoms with van der Waals surface area (Å²) in [5, 5.41) is 1.68. The number of hydrogen-bond acceptors (Lipinski definition) is 6. The molecule has 0 aliphatic carbocycles. The minimum Gasteiger partial charge on any atom is -0.445 e. The monoisotopic (exact) mass is 462 g/mol. The summed E-state index contributed by atoms with van der Waals surface area (Å²) in [6.45, 7) is 3.89. The van der Waals surface area contributed by atoms with Crippen molar-refractivity contribution in [3.8, 4) is 0 Å². The number of alkyl carbamates (subject to hydrolysis) is 1. The van der Waals surface area contributed by atoms with Gasteiger partial charge in [-0.3, -0.25) is 9.59 Å². The Hall–Kier alpha value is -3.58. The molecule has 3 aromatic carbocycles. The van der Waals surface area contributed by atoms with Crippen molar-refractivity contribution in [1.29, 1.82) is 0 Å². The van der Waals surface area contributed by atoms with Gasteiger partial charge < -0.3 is 15.8 Å². The van der Waals surface area contributed by atoms with Gasteiger partial charge in [0.1, 0.15) is 12.0 Å². The van der Waals surface area contributed by atoms with Crippen molar-refractivity contribution in [1.82, 2.24) is 5.32 Å². The summed E-state index contributed by atoms with van der Waals surface area (Å²) in [6.07, 6.45) is -0.726. The molecular formula is C26H26N2O4S. The molecule has 1 unspecified atom stereocenters. The van der Waals surface area contributed by atoms with Gasteiger partial charge in [0.05, 0.1) is 5.56 Å². The Balaban J connectivity index is 1.84. The summed E-state index contributed by atoms with van der Waals surface area (Å²) in [6, 6.07) is 22.7. The van der Waals surface area contributed by atoms with Crippen LogP contribution in [-0.2, 0) is 11.3 Å². The van der Waals surface area contributed by atoms with Crippen LogP contribution in [0.4, 0.5) is 10.5 Å². The number of ketones is 2. The van der Waals surface area contributed by atoms with Gasteiger partial charge in [0, 0.05) is 22.1 Å². The molecule has 0 radical (unpaired) electrons. The number of thioether (sulfide) groups is 1. The average molecular weight is 463 g/mol. The fourth-order valence-electron chi connectivity index (χ4n) is 3.22. The Morgan fingerprint density at radius 3 is 2.18 bits per heavy atom. The largest absolute Gasteiger partial charge is 0.445 e. The maximum atomic E-state index is 13.5. The molecule has 0 bridgehead atoms. The summed E-state index contributed by atoms with van der Waals surface area (Å²) >= 11 is 1.25. The van der Waals surface area contributed by atoms with E-state index < -0.39 is 17.3 Å². The van der Waals surface area contributed by atoms with Crippen LogP contribution >= 0.6 is 11.8 Å². The third kappa shape index (κ3) is 6.46. The lowest BCUT2D eigenvalue weighted by molar-refractivity contribution is 0.0949. The number of hydrogen-bond donors (Lipinski definition) is 2. The number of anilines is 1. The highest BCUT2D eigenvalue weighted by Gasteiger charge is 2.30. The molecule has 0 spiro atoms. The first-order chi connectivity index (χ1) is 15.9. The molecule has 3 N–H and O–H groups in total. The van der Waals surface area contributed by atoms with Crippen LogP contribution in [0.15, 0.2) is 78.9 Å². The van der Waals surface area contributed by atoms with Crippen LogP contribution in [0.25, 0.3) is 0 Å². The molecule has 7 heteroatoms. The van der Waals surface area contributed by atoms with Crippen LogP contribution < -0.4 is 11.1 Å². The number of nitrogens with one attached hydrogen (secondary N) is 1. The van der Waals surface area contributed by atoms with Gasteiger partial charge in [0.15, 0.2) is 11.6 Å². The van der Waals surface area contributed by atoms with Gasteiger partial charge in [-0.05, 0) is 11.6 Å². The average Bonchev–Trinajstić information content (AvgIpc) is 2.82. The Bertz CT molecular complexity index is 1120. The molecule has 0 aromatic heterocycles. The van der Waals surface area contributed by atoms with Crippen molar-refractivity contribution in [2.75, 3.05) is 5.73 Å². The third-order valence-corrected chi connectivity index (χ3v) is 5.88. The van der Waals surface area contributed by atoms with Crippen LogP contribution in [-0.4, -0.2) is 28.3 Å². The van der Waals surface area contributed by atoms with E-state index in [9.17, 15) is 14.4 Å². The maximum Gasteiger partial charge on any atom is 0.408 e. The molecule has 0 fully saturated rings. The molecule has 0 saturated heterocycles. The van der Waals surface area contributed by atoms with E-state index in [4.69, 9.17) is 10.5 Å². The lowest BCUT2D eigenvalue weighted by Crippen LogP contribution is -2.40. The Morgan fingerprint density at radius 2 is 1.55 bits per heavy atom. The van der Waals surface area contributed by atoms with Crippen LogP contribution in [0.1, 0.15) is 45.7 Å². The number of nitrogen functional groups attached to an aromatic ring is 1. The van der Waals surface area contributed by atoms with E-state index in [-0.39, 0.29) is 34.5 Å². The van der Waals surface area contributed by atoms with Crippen LogP contribution in [0.5, 0.6) is 0 Å². The summed E-state index contributed by atoms with van der Waals surface area (Å²) in [5.74, 6) is -0.769. The quantitative estimate of drug-likeness (QED) is 0.261. The summed E-state index contributed by atoms with van der Waals surface area (Å²) in [7, 11) is 0. The number of amides is 1. The van der Waals surface area contributed by atoms with Gasteiger partial charge in [0.2, 0.25) is 0 Å². The summed E-state index contributed by atoms with van der Waals surface area (Å²) in [4.78, 5) is 39.1. The molecule has 6 nitrogen and oxygen atoms in total. The molecule has 33 heavy (non-hydrogen) atoms. The van der Waals surface area contributed by atoms with Gasteiger partial charge in [-0.15, -0.1) is 11.8 Å². The normalized spacial score (nSPS) is 11.6. The molecule has 3 aromatic rings. The molecule has 0 aliphatic heterocycles. The Kier molecular flexibility index (Phi) is 8.27. The number of Topliss-reactive ketones (excluding diaryl/α,β-unsaturated/α-hetero) is 1. The molecular weight excluding hydrogens is 436 g/mol. The number of rotatable bonds is 9. The van der Waals surface area contributed by atoms with E-state index in [0.717, 1.165) is 5.56 Å². The van der Waals surface area contributed by atoms with Crippen LogP contribution in [0.2, 0.25) is 0 Å². The predicted octanol–water partition coefficient (Wildman–Crippen LogP) is 5.08. The van der Waals surface area contributed by atoms with E-state index in [1.807, 2.05) is 50.2 Å². The Labute approximate surface area is 197 Å². The first-order valence-corrected chi connectivity index (χ1v) is 11.5. The Morgan fingerprint density at radius 1 is 0.909 bits per heavy atom. The fourth-order valence-corrected chi connectivity index (χ4v) is 4.17. The molecule has 0 aliphatic rings. The van der Waals surface area contributed by atoms with Gasteiger partial charge >= 0.3 is 6.09 Å². The number of nitrogens with two attached hydrogens (primary N) is 1. The second-order valence-corrected chi connectivity index (χ2v) is 9.29. The highest BCUT2D eigenvalue weighted by molar-refractivity contribution is 8.01. The van der Waals surface area contributed by atoms with Crippen molar-refractivity contribution in [2.45, 2.75) is 31.1 Å². The lowest BCUT2D eigenvalue weighted by atomic mass is 9.94. The SMILES string of the molecule is CC(C)SC(NC(=O)OCc1ccccc1)C(=O)c1c(N)cccc1C(=O)c1ccccc1. The van der Waals surface area contributed by atoms with Crippen molar-refractivity contribution >= 4 is 35.1 Å². The van der Waals surface area contributed by atoms with Crippen molar-refractivity contribution in [2.24, 2.45) is 0 Å². The smallest absolute Gasteiger partial charge is 0.408 e. The van der Waals surface area contributed by atoms with Gasteiger partial charge in [-0.1, -0.05) is 86.6 Å². The van der Waals surface area contributed by atoms with E-state index in [1.54, 1.807) is 42.5 Å². The predicted molar refractivity (Wildman–Crippen MR) is 131 cm³/mol. The first-order valence-electron chi connectivity index (χ1n) is 10.5. The minimum absolute atomic E-state index is 0.0200.